The smallest absolute Gasteiger partial charge is 0.115 e. The van der Waals surface area contributed by atoms with Crippen LogP contribution in [0.4, 0.5) is 0 Å². The maximum atomic E-state index is 5.51. The summed E-state index contributed by atoms with van der Waals surface area (Å²) in [7, 11) is 0. The topological polar surface area (TPSA) is 51.8 Å². The van der Waals surface area contributed by atoms with Crippen LogP contribution in [0.1, 0.15) is 5.56 Å². The molecule has 0 bridgehead atoms. The summed E-state index contributed by atoms with van der Waals surface area (Å²) in [5, 5.41) is 0. The number of nitrogens with two attached hydrogens (primary N) is 1. The number of rotatable bonds is 2. The summed E-state index contributed by atoms with van der Waals surface area (Å²) < 4.78 is 0. The van der Waals surface area contributed by atoms with Crippen LogP contribution in [0.5, 0.6) is 0 Å². The van der Waals surface area contributed by atoms with Crippen LogP contribution in [0.2, 0.25) is 0 Å². The quantitative estimate of drug-likeness (QED) is 0.900. The van der Waals surface area contributed by atoms with Gasteiger partial charge in [-0.25, -0.2) is 9.97 Å². The summed E-state index contributed by atoms with van der Waals surface area (Å²) in [4.78, 5) is 7.94. The van der Waals surface area contributed by atoms with Gasteiger partial charge in [0.15, 0.2) is 0 Å². The Bertz CT molecular complexity index is 403. The van der Waals surface area contributed by atoms with E-state index in [-0.39, 0.29) is 24.8 Å². The molecule has 0 spiro atoms. The number of hydrogen-bond acceptors (Lipinski definition) is 3. The predicted molar refractivity (Wildman–Crippen MR) is 69.9 cm³/mol. The van der Waals surface area contributed by atoms with Gasteiger partial charge in [0.05, 0.1) is 0 Å². The van der Waals surface area contributed by atoms with Crippen molar-refractivity contribution >= 4 is 24.8 Å². The third-order valence-electron chi connectivity index (χ3n) is 2.08. The highest BCUT2D eigenvalue weighted by Gasteiger charge is 1.96. The highest BCUT2D eigenvalue weighted by atomic mass is 35.5. The second kappa shape index (κ2) is 7.17. The number of aromatic nitrogens is 2. The first-order valence-corrected chi connectivity index (χ1v) is 4.44. The largest absolute Gasteiger partial charge is 0.326 e. The summed E-state index contributed by atoms with van der Waals surface area (Å²) in [6, 6.07) is 8.09. The molecule has 2 N–H and O–H groups in total. The molecule has 0 aliphatic heterocycles. The molecule has 86 valence electrons. The Morgan fingerprint density at radius 3 is 1.94 bits per heavy atom. The Balaban J connectivity index is 0.00000112. The minimum absolute atomic E-state index is 0. The van der Waals surface area contributed by atoms with Gasteiger partial charge in [0.2, 0.25) is 0 Å². The molecule has 0 aliphatic rings. The van der Waals surface area contributed by atoms with Crippen molar-refractivity contribution in [1.82, 2.24) is 9.97 Å². The first-order chi connectivity index (χ1) is 6.90. The molecule has 2 rings (SSSR count). The minimum Gasteiger partial charge on any atom is -0.326 e. The van der Waals surface area contributed by atoms with E-state index < -0.39 is 0 Å². The number of benzene rings is 1. The first kappa shape index (κ1) is 14.8. The van der Waals surface area contributed by atoms with Crippen LogP contribution in [-0.2, 0) is 6.54 Å². The van der Waals surface area contributed by atoms with E-state index in [0.29, 0.717) is 6.54 Å². The van der Waals surface area contributed by atoms with E-state index >= 15 is 0 Å². The molecule has 0 amide bonds. The zero-order valence-electron chi connectivity index (χ0n) is 8.54. The first-order valence-electron chi connectivity index (χ1n) is 4.44. The fourth-order valence-electron chi connectivity index (χ4n) is 1.28. The molecular formula is C11H13Cl2N3. The van der Waals surface area contributed by atoms with Crippen LogP contribution >= 0.6 is 24.8 Å². The highest BCUT2D eigenvalue weighted by Crippen LogP contribution is 2.17. The van der Waals surface area contributed by atoms with Gasteiger partial charge in [-0.3, -0.25) is 0 Å². The zero-order valence-corrected chi connectivity index (χ0v) is 10.2. The summed E-state index contributed by atoms with van der Waals surface area (Å²) in [5.74, 6) is 0. The van der Waals surface area contributed by atoms with Crippen LogP contribution in [-0.4, -0.2) is 9.97 Å². The van der Waals surface area contributed by atoms with Gasteiger partial charge in [0.25, 0.3) is 0 Å². The lowest BCUT2D eigenvalue weighted by Gasteiger charge is -2.01. The molecule has 1 aromatic heterocycles. The normalized spacial score (nSPS) is 8.81. The molecule has 2 aromatic rings. The lowest BCUT2D eigenvalue weighted by atomic mass is 10.1. The van der Waals surface area contributed by atoms with Crippen molar-refractivity contribution in [2.24, 2.45) is 5.73 Å². The molecule has 0 radical (unpaired) electrons. The molecule has 3 nitrogen and oxygen atoms in total. The molecule has 0 fully saturated rings. The molecular weight excluding hydrogens is 245 g/mol. The summed E-state index contributed by atoms with van der Waals surface area (Å²) in [6.07, 6.45) is 5.12. The number of nitrogens with zero attached hydrogens (tertiary/aromatic N) is 2. The van der Waals surface area contributed by atoms with Crippen molar-refractivity contribution in [3.05, 3.63) is 48.5 Å². The third-order valence-corrected chi connectivity index (χ3v) is 2.08. The average Bonchev–Trinajstić information content (AvgIpc) is 2.30. The van der Waals surface area contributed by atoms with E-state index in [1.165, 1.54) is 6.33 Å². The third kappa shape index (κ3) is 3.45. The summed E-state index contributed by atoms with van der Waals surface area (Å²) in [5.41, 5.74) is 8.78. The standard InChI is InChI=1S/C11H11N3.2ClH/c12-5-9-1-3-10(4-2-9)11-6-13-8-14-7-11;;/h1-4,6-8H,5,12H2;2*1H. The Kier molecular flexibility index (Phi) is 6.65. The molecule has 0 saturated carbocycles. The van der Waals surface area contributed by atoms with E-state index in [2.05, 4.69) is 9.97 Å². The van der Waals surface area contributed by atoms with Gasteiger partial charge in [0.1, 0.15) is 6.33 Å². The molecule has 0 unspecified atom stereocenters. The van der Waals surface area contributed by atoms with Crippen LogP contribution in [0.3, 0.4) is 0 Å². The lowest BCUT2D eigenvalue weighted by Crippen LogP contribution is -1.95. The van der Waals surface area contributed by atoms with Gasteiger partial charge in [-0.05, 0) is 11.1 Å². The van der Waals surface area contributed by atoms with Crippen molar-refractivity contribution in [2.75, 3.05) is 0 Å². The minimum atomic E-state index is 0. The average molecular weight is 258 g/mol. The van der Waals surface area contributed by atoms with Crippen molar-refractivity contribution in [3.8, 4) is 11.1 Å². The number of halogens is 2. The van der Waals surface area contributed by atoms with E-state index in [0.717, 1.165) is 16.7 Å². The van der Waals surface area contributed by atoms with Gasteiger partial charge in [-0.2, -0.15) is 0 Å². The van der Waals surface area contributed by atoms with Gasteiger partial charge >= 0.3 is 0 Å². The Morgan fingerprint density at radius 1 is 0.875 bits per heavy atom. The van der Waals surface area contributed by atoms with E-state index in [1.807, 2.05) is 24.3 Å². The SMILES string of the molecule is Cl.Cl.NCc1ccc(-c2cncnc2)cc1. The molecule has 1 aromatic carbocycles. The Hall–Kier alpha value is -1.16. The van der Waals surface area contributed by atoms with Crippen LogP contribution in [0.15, 0.2) is 43.0 Å². The summed E-state index contributed by atoms with van der Waals surface area (Å²) in [6.45, 7) is 0.575. The molecule has 16 heavy (non-hydrogen) atoms. The number of hydrogen-bond donors (Lipinski definition) is 1. The van der Waals surface area contributed by atoms with Crippen molar-refractivity contribution in [3.63, 3.8) is 0 Å². The monoisotopic (exact) mass is 257 g/mol. The maximum Gasteiger partial charge on any atom is 0.115 e. The molecule has 5 heteroatoms. The van der Waals surface area contributed by atoms with Crippen molar-refractivity contribution in [2.45, 2.75) is 6.54 Å². The predicted octanol–water partition coefficient (Wildman–Crippen LogP) is 2.45. The second-order valence-corrected chi connectivity index (χ2v) is 3.03. The van der Waals surface area contributed by atoms with Crippen molar-refractivity contribution in [1.29, 1.82) is 0 Å². The summed E-state index contributed by atoms with van der Waals surface area (Å²) >= 11 is 0. The maximum absolute atomic E-state index is 5.51. The highest BCUT2D eigenvalue weighted by molar-refractivity contribution is 5.85. The van der Waals surface area contributed by atoms with Crippen molar-refractivity contribution < 1.29 is 0 Å². The van der Waals surface area contributed by atoms with Crippen LogP contribution in [0.25, 0.3) is 11.1 Å². The van der Waals surface area contributed by atoms with E-state index in [1.54, 1.807) is 12.4 Å². The van der Waals surface area contributed by atoms with Crippen LogP contribution in [0, 0.1) is 0 Å². The van der Waals surface area contributed by atoms with Gasteiger partial charge in [-0.15, -0.1) is 24.8 Å². The van der Waals surface area contributed by atoms with Crippen LogP contribution < -0.4 is 5.73 Å². The molecule has 1 heterocycles. The van der Waals surface area contributed by atoms with Gasteiger partial charge < -0.3 is 5.73 Å². The zero-order chi connectivity index (χ0) is 9.80. The van der Waals surface area contributed by atoms with Gasteiger partial charge in [0, 0.05) is 24.5 Å². The molecule has 0 aliphatic carbocycles. The Morgan fingerprint density at radius 2 is 1.44 bits per heavy atom. The van der Waals surface area contributed by atoms with E-state index in [9.17, 15) is 0 Å². The molecule has 0 saturated heterocycles. The van der Waals surface area contributed by atoms with E-state index in [4.69, 9.17) is 5.73 Å². The molecule has 0 atom stereocenters. The fourth-order valence-corrected chi connectivity index (χ4v) is 1.28. The fraction of sp³-hybridized carbons (Fsp3) is 0.0909. The second-order valence-electron chi connectivity index (χ2n) is 3.03. The van der Waals surface area contributed by atoms with Gasteiger partial charge in [-0.1, -0.05) is 24.3 Å². The lowest BCUT2D eigenvalue weighted by molar-refractivity contribution is 1.07. The Labute approximate surface area is 107 Å².